The van der Waals surface area contributed by atoms with Crippen molar-refractivity contribution in [3.8, 4) is 0 Å². The van der Waals surface area contributed by atoms with Crippen LogP contribution >= 0.6 is 0 Å². The molecule has 1 aromatic carbocycles. The number of aliphatic hydroxyl groups excluding tert-OH is 1. The highest BCUT2D eigenvalue weighted by molar-refractivity contribution is 5.76. The number of nitrogens with zero attached hydrogens (tertiary/aromatic N) is 2. The van der Waals surface area contributed by atoms with E-state index in [1.54, 1.807) is 31.3 Å². The van der Waals surface area contributed by atoms with Gasteiger partial charge in [0.05, 0.1) is 11.5 Å². The first-order valence-corrected chi connectivity index (χ1v) is 7.10. The first-order valence-electron chi connectivity index (χ1n) is 7.10. The summed E-state index contributed by atoms with van der Waals surface area (Å²) in [7, 11) is 0. The zero-order chi connectivity index (χ0) is 15.7. The van der Waals surface area contributed by atoms with Gasteiger partial charge in [-0.05, 0) is 42.8 Å². The van der Waals surface area contributed by atoms with E-state index in [9.17, 15) is 9.50 Å². The third-order valence-electron chi connectivity index (χ3n) is 3.90. The Morgan fingerprint density at radius 3 is 2.64 bits per heavy atom. The van der Waals surface area contributed by atoms with E-state index in [-0.39, 0.29) is 11.6 Å². The Balaban J connectivity index is 1.98. The quantitative estimate of drug-likeness (QED) is 0.680. The van der Waals surface area contributed by atoms with Crippen LogP contribution in [0, 0.1) is 5.82 Å². The van der Waals surface area contributed by atoms with Crippen molar-refractivity contribution in [1.29, 1.82) is 0 Å². The zero-order valence-electron chi connectivity index (χ0n) is 12.4. The van der Waals surface area contributed by atoms with Crippen LogP contribution in [0.15, 0.2) is 54.9 Å². The average molecular weight is 296 g/mol. The molecule has 1 aliphatic rings. The fraction of sp³-hybridized carbons (Fsp3) is 0.167. The predicted molar refractivity (Wildman–Crippen MR) is 85.9 cm³/mol. The van der Waals surface area contributed by atoms with Gasteiger partial charge in [0.25, 0.3) is 0 Å². The van der Waals surface area contributed by atoms with Crippen molar-refractivity contribution in [2.45, 2.75) is 20.0 Å². The van der Waals surface area contributed by atoms with E-state index in [4.69, 9.17) is 0 Å². The third-order valence-corrected chi connectivity index (χ3v) is 3.90. The van der Waals surface area contributed by atoms with Gasteiger partial charge in [0, 0.05) is 36.1 Å². The van der Waals surface area contributed by atoms with E-state index in [1.807, 2.05) is 6.07 Å². The maximum atomic E-state index is 13.1. The number of aliphatic hydroxyl groups is 1. The molecule has 0 saturated heterocycles. The van der Waals surface area contributed by atoms with Crippen molar-refractivity contribution in [3.05, 3.63) is 77.6 Å². The van der Waals surface area contributed by atoms with Gasteiger partial charge in [-0.1, -0.05) is 12.7 Å². The van der Waals surface area contributed by atoms with Crippen molar-refractivity contribution < 1.29 is 9.50 Å². The van der Waals surface area contributed by atoms with Crippen LogP contribution < -0.4 is 4.90 Å². The molecule has 0 bridgehead atoms. The molecule has 2 aromatic rings. The normalized spacial score (nSPS) is 14.5. The number of benzene rings is 1. The topological polar surface area (TPSA) is 36.4 Å². The third kappa shape index (κ3) is 2.48. The molecule has 22 heavy (non-hydrogen) atoms. The summed E-state index contributed by atoms with van der Waals surface area (Å²) in [6.45, 7) is 6.80. The van der Waals surface area contributed by atoms with Crippen LogP contribution in [0.4, 0.5) is 10.1 Å². The van der Waals surface area contributed by atoms with Gasteiger partial charge in [-0.2, -0.15) is 0 Å². The number of fused-ring (bicyclic) bond motifs is 1. The summed E-state index contributed by atoms with van der Waals surface area (Å²) in [6, 6.07) is 8.45. The Kier molecular flexibility index (Phi) is 3.67. The second kappa shape index (κ2) is 5.64. The summed E-state index contributed by atoms with van der Waals surface area (Å²) < 4.78 is 13.1. The minimum Gasteiger partial charge on any atom is -0.512 e. The molecule has 0 aliphatic carbocycles. The number of pyridine rings is 1. The number of hydrogen-bond donors (Lipinski definition) is 1. The standard InChI is InChI=1S/C18H17FN2O/c1-3-16(12(2)22)18-17-11-21(10-13(17)8-9-20-18)15-6-4-14(19)5-7-15/h3-9,22H,1,10-11H2,2H3/b16-12-. The Bertz CT molecular complexity index is 746. The smallest absolute Gasteiger partial charge is 0.123 e. The van der Waals surface area contributed by atoms with Gasteiger partial charge in [0.2, 0.25) is 0 Å². The second-order valence-electron chi connectivity index (χ2n) is 5.33. The Morgan fingerprint density at radius 1 is 1.27 bits per heavy atom. The van der Waals surface area contributed by atoms with Crippen molar-refractivity contribution in [2.24, 2.45) is 0 Å². The van der Waals surface area contributed by atoms with Gasteiger partial charge in [-0.25, -0.2) is 4.39 Å². The number of allylic oxidation sites excluding steroid dienone is 3. The van der Waals surface area contributed by atoms with Crippen molar-refractivity contribution in [1.82, 2.24) is 4.98 Å². The van der Waals surface area contributed by atoms with Gasteiger partial charge in [0.1, 0.15) is 5.82 Å². The largest absolute Gasteiger partial charge is 0.512 e. The molecule has 1 N–H and O–H groups in total. The van der Waals surface area contributed by atoms with Crippen LogP contribution in [0.2, 0.25) is 0 Å². The first kappa shape index (κ1) is 14.3. The Morgan fingerprint density at radius 2 is 2.00 bits per heavy atom. The lowest BCUT2D eigenvalue weighted by Gasteiger charge is -2.17. The summed E-state index contributed by atoms with van der Waals surface area (Å²) in [5.41, 5.74) is 4.62. The van der Waals surface area contributed by atoms with Crippen LogP contribution in [0.1, 0.15) is 23.7 Å². The highest BCUT2D eigenvalue weighted by Gasteiger charge is 2.24. The molecule has 0 fully saturated rings. The van der Waals surface area contributed by atoms with E-state index in [2.05, 4.69) is 16.5 Å². The molecule has 1 aromatic heterocycles. The molecule has 0 saturated carbocycles. The molecule has 1 aliphatic heterocycles. The fourth-order valence-electron chi connectivity index (χ4n) is 2.79. The average Bonchev–Trinajstić information content (AvgIpc) is 2.93. The number of halogens is 1. The van der Waals surface area contributed by atoms with Gasteiger partial charge in [-0.3, -0.25) is 4.98 Å². The summed E-state index contributed by atoms with van der Waals surface area (Å²) in [5, 5.41) is 9.82. The number of anilines is 1. The number of rotatable bonds is 3. The van der Waals surface area contributed by atoms with Crippen LogP contribution in [0.5, 0.6) is 0 Å². The van der Waals surface area contributed by atoms with Crippen molar-refractivity contribution in [3.63, 3.8) is 0 Å². The maximum absolute atomic E-state index is 13.1. The summed E-state index contributed by atoms with van der Waals surface area (Å²) in [6.07, 6.45) is 3.37. The van der Waals surface area contributed by atoms with Crippen LogP contribution in [-0.2, 0) is 13.1 Å². The van der Waals surface area contributed by atoms with Crippen LogP contribution in [-0.4, -0.2) is 10.1 Å². The molecular weight excluding hydrogens is 279 g/mol. The minimum absolute atomic E-state index is 0.205. The van der Waals surface area contributed by atoms with E-state index < -0.39 is 0 Å². The highest BCUT2D eigenvalue weighted by atomic mass is 19.1. The monoisotopic (exact) mass is 296 g/mol. The lowest BCUT2D eigenvalue weighted by molar-refractivity contribution is 0.417. The molecular formula is C18H17FN2O. The van der Waals surface area contributed by atoms with E-state index in [0.29, 0.717) is 12.1 Å². The molecule has 112 valence electrons. The van der Waals surface area contributed by atoms with E-state index >= 15 is 0 Å². The molecule has 3 rings (SSSR count). The van der Waals surface area contributed by atoms with Crippen molar-refractivity contribution >= 4 is 11.3 Å². The predicted octanol–water partition coefficient (Wildman–Crippen LogP) is 4.22. The SMILES string of the molecule is C=C/C(=C(\C)O)c1nccc2c1CN(c1ccc(F)cc1)C2. The molecule has 0 unspecified atom stereocenters. The molecule has 2 heterocycles. The Labute approximate surface area is 129 Å². The number of hydrogen-bond acceptors (Lipinski definition) is 3. The van der Waals surface area contributed by atoms with Gasteiger partial charge < -0.3 is 10.0 Å². The molecule has 4 heteroatoms. The van der Waals surface area contributed by atoms with Crippen LogP contribution in [0.25, 0.3) is 5.57 Å². The molecule has 0 radical (unpaired) electrons. The van der Waals surface area contributed by atoms with Crippen LogP contribution in [0.3, 0.4) is 0 Å². The second-order valence-corrected chi connectivity index (χ2v) is 5.33. The van der Waals surface area contributed by atoms with Crippen molar-refractivity contribution in [2.75, 3.05) is 4.90 Å². The maximum Gasteiger partial charge on any atom is 0.123 e. The summed E-state index contributed by atoms with van der Waals surface area (Å²) in [5.74, 6) is -0.0354. The summed E-state index contributed by atoms with van der Waals surface area (Å²) in [4.78, 5) is 6.56. The van der Waals surface area contributed by atoms with Gasteiger partial charge in [-0.15, -0.1) is 0 Å². The van der Waals surface area contributed by atoms with E-state index in [1.165, 1.54) is 12.1 Å². The van der Waals surface area contributed by atoms with E-state index in [0.717, 1.165) is 29.1 Å². The molecule has 0 spiro atoms. The zero-order valence-corrected chi connectivity index (χ0v) is 12.4. The first-order chi connectivity index (χ1) is 10.6. The van der Waals surface area contributed by atoms with Gasteiger partial charge in [0.15, 0.2) is 0 Å². The summed E-state index contributed by atoms with van der Waals surface area (Å²) >= 11 is 0. The molecule has 3 nitrogen and oxygen atoms in total. The lowest BCUT2D eigenvalue weighted by Crippen LogP contribution is -2.14. The van der Waals surface area contributed by atoms with Gasteiger partial charge >= 0.3 is 0 Å². The highest BCUT2D eigenvalue weighted by Crippen LogP contribution is 2.32. The fourth-order valence-corrected chi connectivity index (χ4v) is 2.79. The number of aromatic nitrogens is 1. The Hall–Kier alpha value is -2.62. The molecule has 0 amide bonds. The molecule has 0 atom stereocenters. The minimum atomic E-state index is -0.240. The lowest BCUT2D eigenvalue weighted by atomic mass is 10.0.